The average molecular weight is 223 g/mol. The number of hydroxylamine groups is 2. The fourth-order valence-electron chi connectivity index (χ4n) is 1.96. The van der Waals surface area contributed by atoms with E-state index in [9.17, 15) is 4.79 Å². The van der Waals surface area contributed by atoms with Gasteiger partial charge in [-0.25, -0.2) is 5.06 Å². The Labute approximate surface area is 94.9 Å². The molecule has 88 valence electrons. The second kappa shape index (κ2) is 4.25. The molecule has 5 nitrogen and oxygen atoms in total. The summed E-state index contributed by atoms with van der Waals surface area (Å²) >= 11 is 0. The second-order valence-electron chi connectivity index (χ2n) is 4.13. The highest BCUT2D eigenvalue weighted by molar-refractivity contribution is 5.78. The standard InChI is InChI=1S/C11H17N3O2/c1-8-10(9(2)13(3)12-8)7-11(15)14-5-4-6-16-14/h4-7H2,1-3H3. The molecule has 1 aromatic heterocycles. The number of aryl methyl sites for hydroxylation is 2. The van der Waals surface area contributed by atoms with Gasteiger partial charge in [0.15, 0.2) is 0 Å². The maximum absolute atomic E-state index is 11.9. The lowest BCUT2D eigenvalue weighted by molar-refractivity contribution is -0.167. The van der Waals surface area contributed by atoms with E-state index in [1.807, 2.05) is 25.6 Å². The predicted molar refractivity (Wildman–Crippen MR) is 58.7 cm³/mol. The van der Waals surface area contributed by atoms with Gasteiger partial charge in [0.2, 0.25) is 0 Å². The van der Waals surface area contributed by atoms with Gasteiger partial charge in [0.1, 0.15) is 0 Å². The Bertz CT molecular complexity index is 406. The third-order valence-corrected chi connectivity index (χ3v) is 3.02. The Morgan fingerprint density at radius 3 is 2.75 bits per heavy atom. The van der Waals surface area contributed by atoms with Crippen molar-refractivity contribution < 1.29 is 9.63 Å². The molecular weight excluding hydrogens is 206 g/mol. The van der Waals surface area contributed by atoms with Crippen molar-refractivity contribution in [3.05, 3.63) is 17.0 Å². The monoisotopic (exact) mass is 223 g/mol. The maximum atomic E-state index is 11.9. The zero-order valence-electron chi connectivity index (χ0n) is 9.99. The number of carbonyl (C=O) groups is 1. The molecule has 5 heteroatoms. The van der Waals surface area contributed by atoms with Gasteiger partial charge in [-0.1, -0.05) is 0 Å². The van der Waals surface area contributed by atoms with Crippen LogP contribution in [-0.2, 0) is 23.1 Å². The molecule has 0 spiro atoms. The third-order valence-electron chi connectivity index (χ3n) is 3.02. The van der Waals surface area contributed by atoms with E-state index in [1.165, 1.54) is 5.06 Å². The molecule has 16 heavy (non-hydrogen) atoms. The molecule has 1 saturated heterocycles. The molecule has 0 N–H and O–H groups in total. The highest BCUT2D eigenvalue weighted by atomic mass is 16.7. The van der Waals surface area contributed by atoms with Gasteiger partial charge >= 0.3 is 0 Å². The Balaban J connectivity index is 2.11. The van der Waals surface area contributed by atoms with Crippen LogP contribution in [0.2, 0.25) is 0 Å². The summed E-state index contributed by atoms with van der Waals surface area (Å²) in [6.45, 7) is 5.27. The van der Waals surface area contributed by atoms with Crippen LogP contribution in [0.1, 0.15) is 23.4 Å². The predicted octanol–water partition coefficient (Wildman–Crippen LogP) is 0.743. The van der Waals surface area contributed by atoms with Crippen LogP contribution in [0.15, 0.2) is 0 Å². The van der Waals surface area contributed by atoms with Gasteiger partial charge in [-0.15, -0.1) is 0 Å². The lowest BCUT2D eigenvalue weighted by Crippen LogP contribution is -2.28. The molecule has 1 aliphatic heterocycles. The molecule has 1 aliphatic rings. The molecule has 0 saturated carbocycles. The first-order chi connectivity index (χ1) is 7.59. The minimum Gasteiger partial charge on any atom is -0.272 e. The molecule has 0 bridgehead atoms. The van der Waals surface area contributed by atoms with Crippen LogP contribution in [0.4, 0.5) is 0 Å². The first-order valence-electron chi connectivity index (χ1n) is 5.52. The zero-order chi connectivity index (χ0) is 11.7. The molecule has 2 rings (SSSR count). The summed E-state index contributed by atoms with van der Waals surface area (Å²) in [5.74, 6) is 0.0247. The van der Waals surface area contributed by atoms with Gasteiger partial charge in [-0.2, -0.15) is 5.10 Å². The Morgan fingerprint density at radius 2 is 2.25 bits per heavy atom. The Hall–Kier alpha value is -1.36. The van der Waals surface area contributed by atoms with Crippen molar-refractivity contribution in [2.24, 2.45) is 7.05 Å². The lowest BCUT2D eigenvalue weighted by atomic mass is 10.1. The van der Waals surface area contributed by atoms with Crippen LogP contribution < -0.4 is 0 Å². The van der Waals surface area contributed by atoms with E-state index in [4.69, 9.17) is 4.84 Å². The largest absolute Gasteiger partial charge is 0.272 e. The molecule has 0 aliphatic carbocycles. The van der Waals surface area contributed by atoms with Crippen molar-refractivity contribution in [2.75, 3.05) is 13.2 Å². The molecule has 0 atom stereocenters. The van der Waals surface area contributed by atoms with Crippen LogP contribution in [0.3, 0.4) is 0 Å². The van der Waals surface area contributed by atoms with Gasteiger partial charge in [0.05, 0.1) is 25.3 Å². The fraction of sp³-hybridized carbons (Fsp3) is 0.636. The SMILES string of the molecule is Cc1nn(C)c(C)c1CC(=O)N1CCCO1. The van der Waals surface area contributed by atoms with Crippen molar-refractivity contribution in [3.63, 3.8) is 0 Å². The van der Waals surface area contributed by atoms with Gasteiger partial charge in [0.25, 0.3) is 5.91 Å². The topological polar surface area (TPSA) is 47.4 Å². The molecule has 0 aromatic carbocycles. The average Bonchev–Trinajstić information content (AvgIpc) is 2.83. The Kier molecular flexibility index (Phi) is 2.96. The second-order valence-corrected chi connectivity index (χ2v) is 4.13. The van der Waals surface area contributed by atoms with Crippen LogP contribution in [0.5, 0.6) is 0 Å². The van der Waals surface area contributed by atoms with Gasteiger partial charge in [0, 0.05) is 18.3 Å². The maximum Gasteiger partial charge on any atom is 0.250 e. The summed E-state index contributed by atoms with van der Waals surface area (Å²) in [6, 6.07) is 0. The summed E-state index contributed by atoms with van der Waals surface area (Å²) in [7, 11) is 1.89. The summed E-state index contributed by atoms with van der Waals surface area (Å²) in [4.78, 5) is 17.1. The number of aromatic nitrogens is 2. The van der Waals surface area contributed by atoms with Gasteiger partial charge < -0.3 is 0 Å². The molecule has 1 aromatic rings. The Morgan fingerprint density at radius 1 is 1.50 bits per heavy atom. The molecule has 0 radical (unpaired) electrons. The van der Waals surface area contributed by atoms with Crippen LogP contribution >= 0.6 is 0 Å². The molecule has 1 fully saturated rings. The number of hydrogen-bond donors (Lipinski definition) is 0. The highest BCUT2D eigenvalue weighted by Gasteiger charge is 2.22. The van der Waals surface area contributed by atoms with Gasteiger partial charge in [-0.05, 0) is 20.3 Å². The summed E-state index contributed by atoms with van der Waals surface area (Å²) in [5.41, 5.74) is 2.99. The highest BCUT2D eigenvalue weighted by Crippen LogP contribution is 2.15. The van der Waals surface area contributed by atoms with Crippen molar-refractivity contribution in [3.8, 4) is 0 Å². The van der Waals surface area contributed by atoms with Crippen LogP contribution in [-0.4, -0.2) is 33.9 Å². The first-order valence-corrected chi connectivity index (χ1v) is 5.52. The third kappa shape index (κ3) is 1.95. The number of nitrogens with zero attached hydrogens (tertiary/aromatic N) is 3. The summed E-state index contributed by atoms with van der Waals surface area (Å²) in [5, 5.41) is 5.76. The van der Waals surface area contributed by atoms with E-state index in [1.54, 1.807) is 0 Å². The van der Waals surface area contributed by atoms with Crippen molar-refractivity contribution >= 4 is 5.91 Å². The van der Waals surface area contributed by atoms with E-state index >= 15 is 0 Å². The van der Waals surface area contributed by atoms with Crippen molar-refractivity contribution in [1.82, 2.24) is 14.8 Å². The van der Waals surface area contributed by atoms with Crippen molar-refractivity contribution in [2.45, 2.75) is 26.7 Å². The molecule has 1 amide bonds. The molecule has 2 heterocycles. The smallest absolute Gasteiger partial charge is 0.250 e. The van der Waals surface area contributed by atoms with E-state index in [-0.39, 0.29) is 5.91 Å². The van der Waals surface area contributed by atoms with Crippen LogP contribution in [0, 0.1) is 13.8 Å². The van der Waals surface area contributed by atoms with E-state index in [0.717, 1.165) is 23.4 Å². The quantitative estimate of drug-likeness (QED) is 0.743. The van der Waals surface area contributed by atoms with Gasteiger partial charge in [-0.3, -0.25) is 14.3 Å². The summed E-state index contributed by atoms with van der Waals surface area (Å²) < 4.78 is 1.81. The minimum atomic E-state index is 0.0247. The first kappa shape index (κ1) is 11.1. The zero-order valence-corrected chi connectivity index (χ0v) is 9.99. The lowest BCUT2D eigenvalue weighted by Gasteiger charge is -2.13. The van der Waals surface area contributed by atoms with E-state index < -0.39 is 0 Å². The van der Waals surface area contributed by atoms with E-state index in [2.05, 4.69) is 5.10 Å². The fourth-order valence-corrected chi connectivity index (χ4v) is 1.96. The van der Waals surface area contributed by atoms with Crippen LogP contribution in [0.25, 0.3) is 0 Å². The van der Waals surface area contributed by atoms with Crippen molar-refractivity contribution in [1.29, 1.82) is 0 Å². The number of carbonyl (C=O) groups excluding carboxylic acids is 1. The number of hydrogen-bond acceptors (Lipinski definition) is 3. The molecular formula is C11H17N3O2. The molecule has 0 unspecified atom stereocenters. The minimum absolute atomic E-state index is 0.0247. The summed E-state index contributed by atoms with van der Waals surface area (Å²) in [6.07, 6.45) is 1.31. The van der Waals surface area contributed by atoms with E-state index in [0.29, 0.717) is 19.6 Å². The normalized spacial score (nSPS) is 15.8. The number of amides is 1. The number of rotatable bonds is 2.